The molecule has 0 saturated carbocycles. The van der Waals surface area contributed by atoms with Crippen LogP contribution in [0.2, 0.25) is 0 Å². The number of hydrogen-bond donors (Lipinski definition) is 6. The number of alkyl halides is 3. The molecule has 3 amide bonds. The molecule has 32 heavy (non-hydrogen) atoms. The molecule has 0 heterocycles. The van der Waals surface area contributed by atoms with Gasteiger partial charge < -0.3 is 32.8 Å². The van der Waals surface area contributed by atoms with Gasteiger partial charge in [0.25, 0.3) is 5.91 Å². The second kappa shape index (κ2) is 9.76. The highest BCUT2D eigenvalue weighted by Gasteiger charge is 2.31. The van der Waals surface area contributed by atoms with E-state index in [1.165, 1.54) is 6.07 Å². The second-order valence-electron chi connectivity index (χ2n) is 6.31. The van der Waals surface area contributed by atoms with Crippen molar-refractivity contribution < 1.29 is 31.5 Å². The van der Waals surface area contributed by atoms with Crippen LogP contribution in [0.15, 0.2) is 47.8 Å². The Balaban J connectivity index is 2.11. The van der Waals surface area contributed by atoms with Gasteiger partial charge in [0.1, 0.15) is 17.3 Å². The average molecular weight is 456 g/mol. The Morgan fingerprint density at radius 3 is 2.28 bits per heavy atom. The van der Waals surface area contributed by atoms with Crippen LogP contribution < -0.4 is 27.4 Å². The van der Waals surface area contributed by atoms with Gasteiger partial charge in [-0.15, -0.1) is 0 Å². The van der Waals surface area contributed by atoms with Crippen molar-refractivity contribution in [2.24, 2.45) is 11.5 Å². The molecule has 8 N–H and O–H groups in total. The number of urea groups is 1. The van der Waals surface area contributed by atoms with E-state index in [4.69, 9.17) is 16.9 Å². The summed E-state index contributed by atoms with van der Waals surface area (Å²) in [5, 5.41) is 14.1. The van der Waals surface area contributed by atoms with Crippen molar-refractivity contribution in [2.75, 3.05) is 10.6 Å². The number of primary amides is 1. The van der Waals surface area contributed by atoms with Gasteiger partial charge in [-0.2, -0.15) is 13.2 Å². The number of nitrogens with one attached hydrogen (secondary N) is 4. The van der Waals surface area contributed by atoms with Crippen molar-refractivity contribution in [1.29, 1.82) is 5.41 Å². The van der Waals surface area contributed by atoms with E-state index < -0.39 is 46.7 Å². The Labute approximate surface area is 178 Å². The van der Waals surface area contributed by atoms with Gasteiger partial charge in [-0.1, -0.05) is 0 Å². The van der Waals surface area contributed by atoms with Crippen molar-refractivity contribution in [3.05, 3.63) is 70.6 Å². The van der Waals surface area contributed by atoms with Gasteiger partial charge in [-0.25, -0.2) is 13.6 Å². The molecule has 0 bridgehead atoms. The first-order valence-corrected chi connectivity index (χ1v) is 8.69. The fourth-order valence-electron chi connectivity index (χ4n) is 2.46. The van der Waals surface area contributed by atoms with E-state index in [0.29, 0.717) is 6.07 Å². The number of anilines is 2. The molecule has 0 radical (unpaired) electrons. The van der Waals surface area contributed by atoms with Crippen LogP contribution in [0.3, 0.4) is 0 Å². The van der Waals surface area contributed by atoms with Crippen molar-refractivity contribution in [2.45, 2.75) is 12.7 Å². The molecule has 0 aliphatic carbocycles. The van der Waals surface area contributed by atoms with Crippen molar-refractivity contribution in [3.8, 4) is 0 Å². The number of carbonyl (C=O) groups is 2. The zero-order valence-electron chi connectivity index (χ0n) is 16.1. The zero-order valence-corrected chi connectivity index (χ0v) is 16.1. The minimum absolute atomic E-state index is 0.0603. The van der Waals surface area contributed by atoms with Crippen LogP contribution in [0.1, 0.15) is 11.1 Å². The van der Waals surface area contributed by atoms with Gasteiger partial charge in [-0.3, -0.25) is 4.79 Å². The lowest BCUT2D eigenvalue weighted by molar-refractivity contribution is -0.137. The highest BCUT2D eigenvalue weighted by molar-refractivity contribution is 6.00. The molecule has 0 spiro atoms. The van der Waals surface area contributed by atoms with E-state index in [2.05, 4.69) is 10.6 Å². The molecule has 0 fully saturated rings. The molecule has 0 aromatic heterocycles. The van der Waals surface area contributed by atoms with Gasteiger partial charge in [0, 0.05) is 18.4 Å². The van der Waals surface area contributed by atoms with E-state index in [1.807, 2.05) is 5.32 Å². The van der Waals surface area contributed by atoms with Crippen LogP contribution in [-0.2, 0) is 17.5 Å². The van der Waals surface area contributed by atoms with E-state index in [-0.39, 0.29) is 29.6 Å². The van der Waals surface area contributed by atoms with E-state index in [9.17, 15) is 31.5 Å². The minimum Gasteiger partial charge on any atom is -0.393 e. The van der Waals surface area contributed by atoms with Crippen LogP contribution >= 0.6 is 0 Å². The number of rotatable bonds is 7. The third-order valence-corrected chi connectivity index (χ3v) is 3.94. The molecular weight excluding hydrogens is 439 g/mol. The number of benzene rings is 2. The summed E-state index contributed by atoms with van der Waals surface area (Å²) in [6, 6.07) is 3.88. The molecule has 8 nitrogen and oxygen atoms in total. The predicted octanol–water partition coefficient (Wildman–Crippen LogP) is 3.02. The van der Waals surface area contributed by atoms with Crippen molar-refractivity contribution in [1.82, 2.24) is 5.32 Å². The highest BCUT2D eigenvalue weighted by atomic mass is 19.4. The SMILES string of the molecule is N=CC(NCc1cc(F)cc(NC(=O)Nc2ccc(C(F)(F)F)cc2F)c1)=C(N)C(N)=O. The third-order valence-electron chi connectivity index (χ3n) is 3.94. The number of halogens is 5. The molecule has 2 rings (SSSR count). The number of nitrogens with two attached hydrogens (primary N) is 2. The molecule has 0 aliphatic rings. The van der Waals surface area contributed by atoms with Gasteiger partial charge in [-0.05, 0) is 42.0 Å². The third kappa shape index (κ3) is 6.42. The second-order valence-corrected chi connectivity index (χ2v) is 6.31. The van der Waals surface area contributed by atoms with Crippen LogP contribution in [0.5, 0.6) is 0 Å². The van der Waals surface area contributed by atoms with Crippen molar-refractivity contribution >= 4 is 29.5 Å². The maximum atomic E-state index is 13.9. The number of amides is 3. The summed E-state index contributed by atoms with van der Waals surface area (Å²) >= 11 is 0. The van der Waals surface area contributed by atoms with Gasteiger partial charge in [0.2, 0.25) is 0 Å². The lowest BCUT2D eigenvalue weighted by Crippen LogP contribution is -2.28. The monoisotopic (exact) mass is 456 g/mol. The molecule has 0 aliphatic heterocycles. The first-order chi connectivity index (χ1) is 14.9. The first kappa shape index (κ1) is 24.1. The maximum absolute atomic E-state index is 13.9. The zero-order chi connectivity index (χ0) is 24.1. The molecule has 0 unspecified atom stereocenters. The maximum Gasteiger partial charge on any atom is 0.416 e. The molecule has 13 heteroatoms. The Hall–Kier alpha value is -4.16. The molecule has 0 saturated heterocycles. The fourth-order valence-corrected chi connectivity index (χ4v) is 2.46. The quantitative estimate of drug-likeness (QED) is 0.216. The molecule has 170 valence electrons. The normalized spacial score (nSPS) is 11.9. The van der Waals surface area contributed by atoms with Crippen LogP contribution in [-0.4, -0.2) is 18.2 Å². The van der Waals surface area contributed by atoms with Crippen LogP contribution in [0, 0.1) is 17.0 Å². The Morgan fingerprint density at radius 1 is 1.03 bits per heavy atom. The Morgan fingerprint density at radius 2 is 1.72 bits per heavy atom. The standard InChI is InChI=1S/C19H17F5N6O2/c20-11-3-9(8-28-15(7-25)16(26)17(27)31)4-12(6-11)29-18(32)30-14-2-1-10(5-13(14)21)19(22,23)24/h1-7,25,28H,8,26H2,(H2,27,31)(H2,29,30,32). The number of carbonyl (C=O) groups excluding carboxylic acids is 2. The average Bonchev–Trinajstić information content (AvgIpc) is 2.68. The minimum atomic E-state index is -4.75. The summed E-state index contributed by atoms with van der Waals surface area (Å²) in [5.41, 5.74) is 8.41. The van der Waals surface area contributed by atoms with Crippen LogP contribution in [0.4, 0.5) is 38.1 Å². The lowest BCUT2D eigenvalue weighted by Gasteiger charge is -2.13. The highest BCUT2D eigenvalue weighted by Crippen LogP contribution is 2.31. The smallest absolute Gasteiger partial charge is 0.393 e. The largest absolute Gasteiger partial charge is 0.416 e. The molecule has 0 atom stereocenters. The van der Waals surface area contributed by atoms with E-state index in [0.717, 1.165) is 24.4 Å². The van der Waals surface area contributed by atoms with Gasteiger partial charge in [0.05, 0.1) is 16.9 Å². The summed E-state index contributed by atoms with van der Waals surface area (Å²) in [6.07, 6.45) is -4.01. The van der Waals surface area contributed by atoms with E-state index >= 15 is 0 Å². The summed E-state index contributed by atoms with van der Waals surface area (Å²) in [4.78, 5) is 23.1. The summed E-state index contributed by atoms with van der Waals surface area (Å²) in [5.74, 6) is -3.04. The molecule has 2 aromatic rings. The molecular formula is C19H17F5N6O2. The van der Waals surface area contributed by atoms with Crippen LogP contribution in [0.25, 0.3) is 0 Å². The summed E-state index contributed by atoms with van der Waals surface area (Å²) in [6.45, 7) is -0.111. The molecule has 2 aromatic carbocycles. The number of allylic oxidation sites excluding steroid dienone is 1. The Kier molecular flexibility index (Phi) is 7.36. The summed E-state index contributed by atoms with van der Waals surface area (Å²) < 4.78 is 65.5. The topological polar surface area (TPSA) is 146 Å². The fraction of sp³-hybridized carbons (Fsp3) is 0.105. The van der Waals surface area contributed by atoms with Gasteiger partial charge in [0.15, 0.2) is 0 Å². The lowest BCUT2D eigenvalue weighted by atomic mass is 10.2. The first-order valence-electron chi connectivity index (χ1n) is 8.69. The van der Waals surface area contributed by atoms with Crippen molar-refractivity contribution in [3.63, 3.8) is 0 Å². The number of hydrogen-bond acceptors (Lipinski definition) is 5. The van der Waals surface area contributed by atoms with Gasteiger partial charge >= 0.3 is 12.2 Å². The van der Waals surface area contributed by atoms with E-state index in [1.54, 1.807) is 0 Å². The summed E-state index contributed by atoms with van der Waals surface area (Å²) in [7, 11) is 0. The Bertz CT molecular complexity index is 1080. The predicted molar refractivity (Wildman–Crippen MR) is 106 cm³/mol.